The molecule has 184 valence electrons. The first-order valence-electron chi connectivity index (χ1n) is 12.4. The van der Waals surface area contributed by atoms with Crippen molar-refractivity contribution in [3.63, 3.8) is 0 Å². The van der Waals surface area contributed by atoms with Crippen LogP contribution in [0.5, 0.6) is 0 Å². The summed E-state index contributed by atoms with van der Waals surface area (Å²) in [7, 11) is 0. The number of anilines is 3. The van der Waals surface area contributed by atoms with Gasteiger partial charge >= 0.3 is 0 Å². The first-order chi connectivity index (χ1) is 18.1. The van der Waals surface area contributed by atoms with Gasteiger partial charge in [-0.05, 0) is 47.4 Å². The minimum absolute atomic E-state index is 0.271. The Labute approximate surface area is 215 Å². The summed E-state index contributed by atoms with van der Waals surface area (Å²) in [5.41, 5.74) is 6.67. The zero-order valence-electron chi connectivity index (χ0n) is 20.3. The lowest BCUT2D eigenvalue weighted by molar-refractivity contribution is 0.275. The zero-order chi connectivity index (χ0) is 25.2. The molecule has 0 radical (unpaired) electrons. The summed E-state index contributed by atoms with van der Waals surface area (Å²) in [6.07, 6.45) is 2.95. The summed E-state index contributed by atoms with van der Waals surface area (Å²) >= 11 is 0. The zero-order valence-corrected chi connectivity index (χ0v) is 20.3. The Kier molecular flexibility index (Phi) is 6.21. The van der Waals surface area contributed by atoms with Gasteiger partial charge in [-0.15, -0.1) is 0 Å². The molecule has 6 rings (SSSR count). The minimum Gasteiger partial charge on any atom is -0.352 e. The monoisotopic (exact) mass is 491 g/mol. The van der Waals surface area contributed by atoms with Crippen molar-refractivity contribution in [3.05, 3.63) is 95.3 Å². The Bertz CT molecular complexity index is 1470. The van der Waals surface area contributed by atoms with Gasteiger partial charge in [0, 0.05) is 49.8 Å². The van der Waals surface area contributed by atoms with Gasteiger partial charge in [0.25, 0.3) is 0 Å². The van der Waals surface area contributed by atoms with Crippen LogP contribution in [0, 0.1) is 11.3 Å². The van der Waals surface area contributed by atoms with Gasteiger partial charge in [0.15, 0.2) is 0 Å². The van der Waals surface area contributed by atoms with Gasteiger partial charge in [0.05, 0.1) is 17.8 Å². The molecule has 2 aliphatic heterocycles. The Morgan fingerprint density at radius 3 is 2.70 bits per heavy atom. The summed E-state index contributed by atoms with van der Waals surface area (Å²) < 4.78 is 13.7. The number of aromatic nitrogens is 3. The van der Waals surface area contributed by atoms with E-state index in [0.717, 1.165) is 25.3 Å². The van der Waals surface area contributed by atoms with Crippen LogP contribution in [-0.4, -0.2) is 39.1 Å². The molecule has 4 aromatic rings. The molecule has 1 saturated heterocycles. The highest BCUT2D eigenvalue weighted by molar-refractivity contribution is 5.67. The van der Waals surface area contributed by atoms with Crippen LogP contribution in [0.2, 0.25) is 0 Å². The van der Waals surface area contributed by atoms with Gasteiger partial charge in [-0.3, -0.25) is 4.90 Å². The summed E-state index contributed by atoms with van der Waals surface area (Å²) in [6, 6.07) is 22.7. The van der Waals surface area contributed by atoms with E-state index in [0.29, 0.717) is 41.6 Å². The Hall–Kier alpha value is -4.35. The average molecular weight is 492 g/mol. The highest BCUT2D eigenvalue weighted by atomic mass is 19.1. The van der Waals surface area contributed by atoms with Crippen LogP contribution >= 0.6 is 0 Å². The highest BCUT2D eigenvalue weighted by Crippen LogP contribution is 2.30. The van der Waals surface area contributed by atoms with Crippen LogP contribution in [0.15, 0.2) is 73.1 Å². The molecule has 2 aliphatic rings. The van der Waals surface area contributed by atoms with E-state index in [1.54, 1.807) is 24.5 Å². The van der Waals surface area contributed by atoms with Gasteiger partial charge in [0.2, 0.25) is 5.95 Å². The van der Waals surface area contributed by atoms with Crippen molar-refractivity contribution < 1.29 is 4.39 Å². The maximum Gasteiger partial charge on any atom is 0.227 e. The van der Waals surface area contributed by atoms with Gasteiger partial charge < -0.3 is 10.2 Å². The molecular formula is C29H26FN7. The number of fused-ring (bicyclic) bond motifs is 1. The fourth-order valence-corrected chi connectivity index (χ4v) is 5.05. The van der Waals surface area contributed by atoms with Crippen molar-refractivity contribution in [2.24, 2.45) is 0 Å². The van der Waals surface area contributed by atoms with Crippen molar-refractivity contribution in [1.29, 1.82) is 5.26 Å². The van der Waals surface area contributed by atoms with E-state index in [4.69, 9.17) is 0 Å². The normalized spacial score (nSPS) is 17.0. The molecule has 0 amide bonds. The van der Waals surface area contributed by atoms with Crippen LogP contribution in [0.3, 0.4) is 0 Å². The molecular weight excluding hydrogens is 465 g/mol. The third-order valence-corrected chi connectivity index (χ3v) is 6.87. The van der Waals surface area contributed by atoms with Crippen LogP contribution < -0.4 is 10.2 Å². The molecule has 0 bridgehead atoms. The van der Waals surface area contributed by atoms with Crippen molar-refractivity contribution >= 4 is 17.5 Å². The number of benzene rings is 2. The number of alkyl halides is 1. The summed E-state index contributed by atoms with van der Waals surface area (Å²) in [4.78, 5) is 17.8. The number of nitrogens with zero attached hydrogens (tertiary/aromatic N) is 6. The lowest BCUT2D eigenvalue weighted by atomic mass is 10.1. The molecule has 0 spiro atoms. The number of hydrogen-bond donors (Lipinski definition) is 1. The van der Waals surface area contributed by atoms with Crippen LogP contribution in [0.4, 0.5) is 21.8 Å². The molecule has 0 saturated carbocycles. The number of hydrogen-bond acceptors (Lipinski definition) is 7. The predicted molar refractivity (Wildman–Crippen MR) is 141 cm³/mol. The average Bonchev–Trinajstić information content (AvgIpc) is 3.54. The topological polar surface area (TPSA) is 81.0 Å². The molecule has 1 unspecified atom stereocenters. The first kappa shape index (κ1) is 23.1. The number of pyridine rings is 1. The second-order valence-electron chi connectivity index (χ2n) is 9.54. The third kappa shape index (κ3) is 4.99. The molecule has 1 atom stereocenters. The van der Waals surface area contributed by atoms with Crippen molar-refractivity contribution in [2.75, 3.05) is 23.3 Å². The Morgan fingerprint density at radius 1 is 1.03 bits per heavy atom. The summed E-state index contributed by atoms with van der Waals surface area (Å²) in [5.74, 6) is 0.997. The molecule has 2 aromatic heterocycles. The minimum atomic E-state index is -0.880. The van der Waals surface area contributed by atoms with Crippen molar-refractivity contribution in [2.45, 2.75) is 32.2 Å². The first-order valence-corrected chi connectivity index (χ1v) is 12.4. The molecule has 37 heavy (non-hydrogen) atoms. The van der Waals surface area contributed by atoms with Crippen LogP contribution in [0.1, 0.15) is 28.7 Å². The lowest BCUT2D eigenvalue weighted by Gasteiger charge is -2.18. The second kappa shape index (κ2) is 9.96. The van der Waals surface area contributed by atoms with E-state index in [-0.39, 0.29) is 6.54 Å². The van der Waals surface area contributed by atoms with Gasteiger partial charge in [0.1, 0.15) is 18.1 Å². The number of rotatable bonds is 6. The van der Waals surface area contributed by atoms with E-state index in [9.17, 15) is 9.65 Å². The highest BCUT2D eigenvalue weighted by Gasteiger charge is 2.25. The van der Waals surface area contributed by atoms with E-state index in [1.807, 2.05) is 11.0 Å². The molecule has 1 fully saturated rings. The SMILES string of the molecule is N#Cc1cc(-c2ccnc(Nc3ccc4c(c3)CN(Cc3ccccc3)C4)n2)cnc1N1CCC(F)C1. The summed E-state index contributed by atoms with van der Waals surface area (Å²) in [5, 5.41) is 13.0. The van der Waals surface area contributed by atoms with Crippen molar-refractivity contribution in [1.82, 2.24) is 19.9 Å². The number of nitriles is 1. The molecule has 1 N–H and O–H groups in total. The predicted octanol–water partition coefficient (Wildman–Crippen LogP) is 5.22. The molecule has 2 aromatic carbocycles. The molecule has 7 nitrogen and oxygen atoms in total. The van der Waals surface area contributed by atoms with Gasteiger partial charge in [-0.25, -0.2) is 19.3 Å². The van der Waals surface area contributed by atoms with Crippen molar-refractivity contribution in [3.8, 4) is 17.3 Å². The number of nitrogens with one attached hydrogen (secondary N) is 1. The quantitative estimate of drug-likeness (QED) is 0.396. The summed E-state index contributed by atoms with van der Waals surface area (Å²) in [6.45, 7) is 3.59. The smallest absolute Gasteiger partial charge is 0.227 e. The standard InChI is InChI=1S/C29H26FN7/c30-25-9-11-37(19-25)28-22(14-31)12-23(15-33-28)27-8-10-32-29(35-27)34-26-7-6-21-17-36(18-24(21)13-26)16-20-4-2-1-3-5-20/h1-8,10,12-13,15,25H,9,11,16-19H2,(H,32,34,35). The second-order valence-corrected chi connectivity index (χ2v) is 9.54. The Morgan fingerprint density at radius 2 is 1.89 bits per heavy atom. The Balaban J connectivity index is 1.17. The fourth-order valence-electron chi connectivity index (χ4n) is 5.05. The van der Waals surface area contributed by atoms with E-state index in [2.05, 4.69) is 73.7 Å². The van der Waals surface area contributed by atoms with E-state index < -0.39 is 6.17 Å². The van der Waals surface area contributed by atoms with Crippen LogP contribution in [-0.2, 0) is 19.6 Å². The van der Waals surface area contributed by atoms with E-state index >= 15 is 0 Å². The molecule has 0 aliphatic carbocycles. The van der Waals surface area contributed by atoms with E-state index in [1.165, 1.54) is 16.7 Å². The fraction of sp³-hybridized carbons (Fsp3) is 0.241. The maximum absolute atomic E-state index is 13.7. The van der Waals surface area contributed by atoms with Gasteiger partial charge in [-0.1, -0.05) is 36.4 Å². The molecule has 8 heteroatoms. The van der Waals surface area contributed by atoms with Gasteiger partial charge in [-0.2, -0.15) is 5.26 Å². The number of halogens is 1. The molecule has 4 heterocycles. The lowest BCUT2D eigenvalue weighted by Crippen LogP contribution is -2.22. The van der Waals surface area contributed by atoms with Crippen LogP contribution in [0.25, 0.3) is 11.3 Å². The maximum atomic E-state index is 13.7. The largest absolute Gasteiger partial charge is 0.352 e. The third-order valence-electron chi connectivity index (χ3n) is 6.87.